The quantitative estimate of drug-likeness (QED) is 0.515. The molecule has 0 heterocycles. The average molecular weight is 181 g/mol. The number of carbonyl (C=O) groups excluding carboxylic acids is 1. The van der Waals surface area contributed by atoms with Crippen LogP contribution in [0.3, 0.4) is 0 Å². The Labute approximate surface area is 78.4 Å². The van der Waals surface area contributed by atoms with Gasteiger partial charge in [0.1, 0.15) is 0 Å². The SMILES string of the molecule is CC.Cc1ccccc1C(=O)NO. The summed E-state index contributed by atoms with van der Waals surface area (Å²) in [6.45, 7) is 5.81. The zero-order valence-electron chi connectivity index (χ0n) is 8.16. The lowest BCUT2D eigenvalue weighted by molar-refractivity contribution is 0.0705. The molecule has 1 aromatic rings. The first kappa shape index (κ1) is 11.6. The van der Waals surface area contributed by atoms with Crippen molar-refractivity contribution in [1.29, 1.82) is 0 Å². The highest BCUT2D eigenvalue weighted by molar-refractivity contribution is 5.94. The molecule has 72 valence electrons. The zero-order chi connectivity index (χ0) is 10.3. The molecule has 0 aliphatic heterocycles. The molecular formula is C10H15NO2. The van der Waals surface area contributed by atoms with Gasteiger partial charge in [0.25, 0.3) is 5.91 Å². The Balaban J connectivity index is 0.000000671. The second kappa shape index (κ2) is 6.20. The lowest BCUT2D eigenvalue weighted by Gasteiger charge is -2.00. The molecule has 3 heteroatoms. The zero-order valence-corrected chi connectivity index (χ0v) is 8.16. The molecule has 13 heavy (non-hydrogen) atoms. The van der Waals surface area contributed by atoms with Crippen molar-refractivity contribution >= 4 is 5.91 Å². The summed E-state index contributed by atoms with van der Waals surface area (Å²) in [6, 6.07) is 7.05. The minimum Gasteiger partial charge on any atom is -0.288 e. The molecule has 0 unspecified atom stereocenters. The minimum absolute atomic E-state index is 0.469. The molecule has 2 N–H and O–H groups in total. The van der Waals surface area contributed by atoms with Gasteiger partial charge in [0.2, 0.25) is 0 Å². The summed E-state index contributed by atoms with van der Waals surface area (Å²) in [5.74, 6) is -0.469. The number of hydroxylamine groups is 1. The molecule has 0 spiro atoms. The van der Waals surface area contributed by atoms with Crippen LogP contribution in [0.1, 0.15) is 29.8 Å². The molecule has 0 aliphatic carbocycles. The summed E-state index contributed by atoms with van der Waals surface area (Å²) < 4.78 is 0. The van der Waals surface area contributed by atoms with E-state index in [4.69, 9.17) is 5.21 Å². The van der Waals surface area contributed by atoms with Crippen molar-refractivity contribution in [3.63, 3.8) is 0 Å². The molecule has 0 aliphatic rings. The van der Waals surface area contributed by atoms with Gasteiger partial charge >= 0.3 is 0 Å². The molecule has 0 saturated carbocycles. The van der Waals surface area contributed by atoms with E-state index in [0.29, 0.717) is 5.56 Å². The number of benzene rings is 1. The molecule has 0 saturated heterocycles. The Morgan fingerprint density at radius 1 is 1.31 bits per heavy atom. The van der Waals surface area contributed by atoms with Crippen LogP contribution in [0.25, 0.3) is 0 Å². The molecule has 0 aromatic heterocycles. The van der Waals surface area contributed by atoms with E-state index in [1.165, 1.54) is 0 Å². The van der Waals surface area contributed by atoms with Crippen LogP contribution in [0.2, 0.25) is 0 Å². The van der Waals surface area contributed by atoms with Gasteiger partial charge in [-0.25, -0.2) is 5.48 Å². The average Bonchev–Trinajstić information content (AvgIpc) is 2.20. The topological polar surface area (TPSA) is 49.3 Å². The van der Waals surface area contributed by atoms with Gasteiger partial charge in [-0.15, -0.1) is 0 Å². The fraction of sp³-hybridized carbons (Fsp3) is 0.300. The van der Waals surface area contributed by atoms with E-state index >= 15 is 0 Å². The van der Waals surface area contributed by atoms with Gasteiger partial charge < -0.3 is 0 Å². The van der Waals surface area contributed by atoms with Crippen molar-refractivity contribution in [3.05, 3.63) is 35.4 Å². The highest BCUT2D eigenvalue weighted by Gasteiger charge is 2.04. The van der Waals surface area contributed by atoms with Crippen LogP contribution < -0.4 is 5.48 Å². The first-order chi connectivity index (χ1) is 6.25. The van der Waals surface area contributed by atoms with Gasteiger partial charge in [-0.3, -0.25) is 10.0 Å². The molecule has 0 fully saturated rings. The number of aryl methyl sites for hydroxylation is 1. The van der Waals surface area contributed by atoms with Gasteiger partial charge in [0, 0.05) is 5.56 Å². The maximum absolute atomic E-state index is 10.9. The van der Waals surface area contributed by atoms with E-state index < -0.39 is 5.91 Å². The molecule has 1 amide bonds. The van der Waals surface area contributed by atoms with Crippen LogP contribution in [0.5, 0.6) is 0 Å². The van der Waals surface area contributed by atoms with Crippen molar-refractivity contribution in [3.8, 4) is 0 Å². The number of rotatable bonds is 1. The summed E-state index contributed by atoms with van der Waals surface area (Å²) in [6.07, 6.45) is 0. The number of hydrogen-bond donors (Lipinski definition) is 2. The predicted molar refractivity (Wildman–Crippen MR) is 51.8 cm³/mol. The Kier molecular flexibility index (Phi) is 5.55. The Morgan fingerprint density at radius 2 is 1.85 bits per heavy atom. The van der Waals surface area contributed by atoms with E-state index in [-0.39, 0.29) is 0 Å². The smallest absolute Gasteiger partial charge is 0.274 e. The minimum atomic E-state index is -0.469. The van der Waals surface area contributed by atoms with Crippen molar-refractivity contribution in [2.24, 2.45) is 0 Å². The van der Waals surface area contributed by atoms with Crippen LogP contribution in [-0.2, 0) is 0 Å². The molecule has 1 rings (SSSR count). The predicted octanol–water partition coefficient (Wildman–Crippen LogP) is 2.14. The third-order valence-electron chi connectivity index (χ3n) is 1.49. The molecule has 1 aromatic carbocycles. The summed E-state index contributed by atoms with van der Waals surface area (Å²) >= 11 is 0. The third-order valence-corrected chi connectivity index (χ3v) is 1.49. The third kappa shape index (κ3) is 3.25. The maximum Gasteiger partial charge on any atom is 0.274 e. The molecule has 0 bridgehead atoms. The largest absolute Gasteiger partial charge is 0.288 e. The van der Waals surface area contributed by atoms with Crippen LogP contribution >= 0.6 is 0 Å². The summed E-state index contributed by atoms with van der Waals surface area (Å²) in [5.41, 5.74) is 2.92. The van der Waals surface area contributed by atoms with Gasteiger partial charge in [0.15, 0.2) is 0 Å². The Morgan fingerprint density at radius 3 is 2.31 bits per heavy atom. The summed E-state index contributed by atoms with van der Waals surface area (Å²) in [4.78, 5) is 10.9. The Bertz CT molecular complexity index is 271. The maximum atomic E-state index is 10.9. The Hall–Kier alpha value is -1.35. The van der Waals surface area contributed by atoms with E-state index in [1.54, 1.807) is 17.6 Å². The van der Waals surface area contributed by atoms with E-state index in [0.717, 1.165) is 5.56 Å². The number of hydrogen-bond acceptors (Lipinski definition) is 2. The molecule has 0 atom stereocenters. The summed E-state index contributed by atoms with van der Waals surface area (Å²) in [5, 5.41) is 8.31. The van der Waals surface area contributed by atoms with Crippen molar-refractivity contribution in [2.75, 3.05) is 0 Å². The monoisotopic (exact) mass is 181 g/mol. The van der Waals surface area contributed by atoms with Gasteiger partial charge in [-0.1, -0.05) is 32.0 Å². The number of carbonyl (C=O) groups is 1. The van der Waals surface area contributed by atoms with Crippen LogP contribution in [0.15, 0.2) is 24.3 Å². The molecule has 3 nitrogen and oxygen atoms in total. The van der Waals surface area contributed by atoms with Gasteiger partial charge in [0.05, 0.1) is 0 Å². The highest BCUT2D eigenvalue weighted by atomic mass is 16.5. The van der Waals surface area contributed by atoms with Gasteiger partial charge in [-0.05, 0) is 18.6 Å². The first-order valence-electron chi connectivity index (χ1n) is 4.26. The van der Waals surface area contributed by atoms with E-state index in [2.05, 4.69) is 0 Å². The lowest BCUT2D eigenvalue weighted by atomic mass is 10.1. The second-order valence-electron chi connectivity index (χ2n) is 2.26. The fourth-order valence-corrected chi connectivity index (χ4v) is 0.888. The van der Waals surface area contributed by atoms with Gasteiger partial charge in [-0.2, -0.15) is 0 Å². The first-order valence-corrected chi connectivity index (χ1v) is 4.26. The molecule has 0 radical (unpaired) electrons. The van der Waals surface area contributed by atoms with Crippen LogP contribution in [0, 0.1) is 6.92 Å². The number of nitrogens with one attached hydrogen (secondary N) is 1. The fourth-order valence-electron chi connectivity index (χ4n) is 0.888. The lowest BCUT2D eigenvalue weighted by Crippen LogP contribution is -2.19. The second-order valence-corrected chi connectivity index (χ2v) is 2.26. The molecular weight excluding hydrogens is 166 g/mol. The van der Waals surface area contributed by atoms with Crippen LogP contribution in [0.4, 0.5) is 0 Å². The van der Waals surface area contributed by atoms with Crippen molar-refractivity contribution in [1.82, 2.24) is 5.48 Å². The van der Waals surface area contributed by atoms with Crippen molar-refractivity contribution in [2.45, 2.75) is 20.8 Å². The van der Waals surface area contributed by atoms with E-state index in [9.17, 15) is 4.79 Å². The standard InChI is InChI=1S/C8H9NO2.C2H6/c1-6-4-2-3-5-7(6)8(10)9-11;1-2/h2-5,11H,1H3,(H,9,10);1-2H3. The normalized spacial score (nSPS) is 8.31. The van der Waals surface area contributed by atoms with Crippen molar-refractivity contribution < 1.29 is 10.0 Å². The highest BCUT2D eigenvalue weighted by Crippen LogP contribution is 2.05. The van der Waals surface area contributed by atoms with E-state index in [1.807, 2.05) is 32.9 Å². The van der Waals surface area contributed by atoms with Crippen LogP contribution in [-0.4, -0.2) is 11.1 Å². The summed E-state index contributed by atoms with van der Waals surface area (Å²) in [7, 11) is 0. The number of amides is 1.